The van der Waals surface area contributed by atoms with E-state index in [2.05, 4.69) is 33.2 Å². The number of fused-ring (bicyclic) bond motifs is 3. The highest BCUT2D eigenvalue weighted by Crippen LogP contribution is 2.72. The Kier molecular flexibility index (Phi) is 12.1. The predicted molar refractivity (Wildman–Crippen MR) is 198 cm³/mol. The zero-order valence-electron chi connectivity index (χ0n) is 29.4. The summed E-state index contributed by atoms with van der Waals surface area (Å²) in [5, 5.41) is 4.43. The third-order valence-electron chi connectivity index (χ3n) is 8.62. The van der Waals surface area contributed by atoms with Gasteiger partial charge in [-0.15, -0.1) is 0 Å². The van der Waals surface area contributed by atoms with Crippen molar-refractivity contribution in [1.29, 1.82) is 0 Å². The second-order valence-electron chi connectivity index (χ2n) is 12.7. The lowest BCUT2D eigenvalue weighted by Gasteiger charge is -2.23. The average molecular weight is 856 g/mol. The van der Waals surface area contributed by atoms with Crippen molar-refractivity contribution in [1.82, 2.24) is 19.5 Å². The molecule has 5 N–H and O–H groups in total. The van der Waals surface area contributed by atoms with Gasteiger partial charge in [-0.2, -0.15) is 8.62 Å². The summed E-state index contributed by atoms with van der Waals surface area (Å²) in [5.41, 5.74) is 1.99. The summed E-state index contributed by atoms with van der Waals surface area (Å²) < 4.78 is 89.1. The molecule has 0 spiro atoms. The Labute approximate surface area is 319 Å². The van der Waals surface area contributed by atoms with Crippen LogP contribution in [-0.4, -0.2) is 76.8 Å². The Morgan fingerprint density at radius 3 is 2.27 bits per heavy atom. The normalized spacial score (nSPS) is 25.3. The number of nitrogens with one attached hydrogen (secondary N) is 1. The first-order chi connectivity index (χ1) is 26.6. The molecule has 2 aliphatic rings. The van der Waals surface area contributed by atoms with Crippen LogP contribution in [0.1, 0.15) is 30.7 Å². The predicted octanol–water partition coefficient (Wildman–Crippen LogP) is 5.80. The van der Waals surface area contributed by atoms with E-state index in [1.165, 1.54) is 18.7 Å². The molecule has 20 nitrogen and oxygen atoms in total. The smallest absolute Gasteiger partial charge is 0.368 e. The first kappa shape index (κ1) is 40.9. The van der Waals surface area contributed by atoms with E-state index < -0.39 is 74.7 Å². The van der Waals surface area contributed by atoms with E-state index >= 15 is 0 Å². The van der Waals surface area contributed by atoms with E-state index in [4.69, 9.17) is 18.7 Å². The van der Waals surface area contributed by atoms with Crippen LogP contribution in [0.25, 0.3) is 21.9 Å². The zero-order valence-corrected chi connectivity index (χ0v) is 32.9. The van der Waals surface area contributed by atoms with Gasteiger partial charge >= 0.3 is 31.1 Å². The van der Waals surface area contributed by atoms with Crippen LogP contribution in [-0.2, 0) is 62.5 Å². The van der Waals surface area contributed by atoms with Gasteiger partial charge in [0.25, 0.3) is 0 Å². The SMILES string of the molecule is CCCNc1ncnc2c1ncn2C1OC(COP(=O)(O)OP(=O)(O)OP(=O)(O)OP(=O)(O)Cc2cccc3ccccc23)C2OC(Cc3ccccc3)OC21. The van der Waals surface area contributed by atoms with Crippen LogP contribution in [0.15, 0.2) is 85.5 Å². The van der Waals surface area contributed by atoms with Crippen molar-refractivity contribution in [2.75, 3.05) is 18.5 Å². The van der Waals surface area contributed by atoms with E-state index in [0.29, 0.717) is 40.7 Å². The number of phosphoric acid groups is 3. The molecular formula is C32H37N5O15P4. The van der Waals surface area contributed by atoms with Gasteiger partial charge in [0, 0.05) is 13.0 Å². The zero-order chi connectivity index (χ0) is 39.7. The molecule has 300 valence electrons. The highest BCUT2D eigenvalue weighted by Gasteiger charge is 2.55. The molecule has 24 heteroatoms. The second-order valence-corrected chi connectivity index (χ2v) is 19.4. The minimum Gasteiger partial charge on any atom is -0.368 e. The van der Waals surface area contributed by atoms with Crippen LogP contribution < -0.4 is 5.32 Å². The lowest BCUT2D eigenvalue weighted by molar-refractivity contribution is -0.149. The third-order valence-corrected chi connectivity index (χ3v) is 15.0. The number of phosphoric ester groups is 1. The molecule has 0 amide bonds. The van der Waals surface area contributed by atoms with Crippen molar-refractivity contribution in [3.63, 3.8) is 0 Å². The van der Waals surface area contributed by atoms with E-state index in [1.807, 2.05) is 37.3 Å². The lowest BCUT2D eigenvalue weighted by atomic mass is 10.1. The Balaban J connectivity index is 1.03. The summed E-state index contributed by atoms with van der Waals surface area (Å²) in [6, 6.07) is 21.0. The molecule has 0 saturated carbocycles. The molecule has 2 aliphatic heterocycles. The molecule has 2 saturated heterocycles. The maximum atomic E-state index is 12.9. The van der Waals surface area contributed by atoms with Gasteiger partial charge in [-0.05, 0) is 28.3 Å². The first-order valence-corrected chi connectivity index (χ1v) is 23.3. The van der Waals surface area contributed by atoms with Gasteiger partial charge in [0.15, 0.2) is 29.5 Å². The van der Waals surface area contributed by atoms with Crippen LogP contribution in [0, 0.1) is 0 Å². The monoisotopic (exact) mass is 855 g/mol. The summed E-state index contributed by atoms with van der Waals surface area (Å²) in [4.78, 5) is 54.3. The van der Waals surface area contributed by atoms with Crippen molar-refractivity contribution in [2.24, 2.45) is 0 Å². The van der Waals surface area contributed by atoms with Crippen LogP contribution in [0.4, 0.5) is 5.82 Å². The minimum absolute atomic E-state index is 0.260. The lowest BCUT2D eigenvalue weighted by Crippen LogP contribution is -2.31. The fraction of sp³-hybridized carbons (Fsp3) is 0.344. The number of hydrogen-bond donors (Lipinski definition) is 5. The summed E-state index contributed by atoms with van der Waals surface area (Å²) >= 11 is 0. The number of hydrogen-bond acceptors (Lipinski definition) is 15. The molecule has 4 heterocycles. The summed E-state index contributed by atoms with van der Waals surface area (Å²) in [6.07, 6.45) is -1.45. The van der Waals surface area contributed by atoms with E-state index in [1.54, 1.807) is 41.0 Å². The number of nitrogens with zero attached hydrogens (tertiary/aromatic N) is 4. The largest absolute Gasteiger partial charge is 0.490 e. The molecule has 0 aliphatic carbocycles. The molecule has 2 fully saturated rings. The summed E-state index contributed by atoms with van der Waals surface area (Å²) in [5.74, 6) is 0.494. The van der Waals surface area contributed by atoms with Gasteiger partial charge in [0.2, 0.25) is 0 Å². The summed E-state index contributed by atoms with van der Waals surface area (Å²) in [6.45, 7) is 1.84. The molecule has 7 rings (SSSR count). The molecule has 2 aromatic heterocycles. The number of anilines is 1. The molecule has 0 radical (unpaired) electrons. The fourth-order valence-corrected chi connectivity index (χ4v) is 12.0. The fourth-order valence-electron chi connectivity index (χ4n) is 6.39. The van der Waals surface area contributed by atoms with Crippen LogP contribution >= 0.6 is 31.1 Å². The second kappa shape index (κ2) is 16.5. The molecular weight excluding hydrogens is 818 g/mol. The Hall–Kier alpha value is -3.25. The van der Waals surface area contributed by atoms with Gasteiger partial charge in [-0.3, -0.25) is 13.7 Å². The molecule has 9 atom stereocenters. The van der Waals surface area contributed by atoms with Gasteiger partial charge < -0.3 is 39.1 Å². The molecule has 5 aromatic rings. The van der Waals surface area contributed by atoms with E-state index in [9.17, 15) is 37.8 Å². The van der Waals surface area contributed by atoms with Crippen molar-refractivity contribution < 1.29 is 69.5 Å². The number of imidazole rings is 1. The number of aromatic nitrogens is 4. The number of rotatable bonds is 17. The third kappa shape index (κ3) is 9.71. The Morgan fingerprint density at radius 1 is 0.786 bits per heavy atom. The maximum absolute atomic E-state index is 12.9. The van der Waals surface area contributed by atoms with Crippen molar-refractivity contribution >= 4 is 58.8 Å². The quantitative estimate of drug-likeness (QED) is 0.0691. The average Bonchev–Trinajstić information content (AvgIpc) is 3.83. The topological polar surface area (TPSA) is 269 Å². The van der Waals surface area contributed by atoms with Gasteiger partial charge in [0.05, 0.1) is 19.1 Å². The molecule has 9 unspecified atom stereocenters. The Bertz CT molecular complexity index is 2380. The van der Waals surface area contributed by atoms with Gasteiger partial charge in [-0.25, -0.2) is 33.0 Å². The van der Waals surface area contributed by atoms with Gasteiger partial charge in [0.1, 0.15) is 24.6 Å². The Morgan fingerprint density at radius 2 is 1.48 bits per heavy atom. The van der Waals surface area contributed by atoms with E-state index in [-0.39, 0.29) is 5.56 Å². The maximum Gasteiger partial charge on any atom is 0.490 e. The van der Waals surface area contributed by atoms with Crippen LogP contribution in [0.3, 0.4) is 0 Å². The van der Waals surface area contributed by atoms with Crippen molar-refractivity contribution in [2.45, 2.75) is 56.8 Å². The standard InChI is InChI=1S/C32H37N5O15P4/c1-2-15-33-30-27-31(35-19-34-30)37(20-36-27)32-29-28(48-26(49-29)16-21-9-4-3-5-10-21)25(47-32)17-46-54(40,41)51-56(44,45)52-55(42,43)50-53(38,39)18-23-13-8-12-22-11-6-7-14-24(22)23/h3-14,19-20,25-26,28-29,32H,2,15-18H2,1H3,(H,38,39)(H,40,41)(H,42,43)(H,44,45)(H,33,34,35). The summed E-state index contributed by atoms with van der Waals surface area (Å²) in [7, 11) is -22.6. The number of benzene rings is 3. The molecule has 3 aromatic carbocycles. The van der Waals surface area contributed by atoms with Crippen LogP contribution in [0.2, 0.25) is 0 Å². The number of ether oxygens (including phenoxy) is 3. The van der Waals surface area contributed by atoms with Gasteiger partial charge in [-0.1, -0.05) is 79.7 Å². The minimum atomic E-state index is -6.01. The molecule has 56 heavy (non-hydrogen) atoms. The van der Waals surface area contributed by atoms with Crippen molar-refractivity contribution in [3.05, 3.63) is 96.6 Å². The van der Waals surface area contributed by atoms with Crippen molar-refractivity contribution in [3.8, 4) is 0 Å². The molecule has 0 bridgehead atoms. The first-order valence-electron chi connectivity index (χ1n) is 17.1. The highest BCUT2D eigenvalue weighted by molar-refractivity contribution is 7.70. The van der Waals surface area contributed by atoms with E-state index in [0.717, 1.165) is 12.0 Å². The highest BCUT2D eigenvalue weighted by atomic mass is 31.3. The van der Waals surface area contributed by atoms with Crippen LogP contribution in [0.5, 0.6) is 0 Å².